The minimum atomic E-state index is -0.662. The Balaban J connectivity index is 2.20. The van der Waals surface area contributed by atoms with Crippen molar-refractivity contribution < 1.29 is 14.3 Å². The van der Waals surface area contributed by atoms with Crippen molar-refractivity contribution in [3.63, 3.8) is 0 Å². The van der Waals surface area contributed by atoms with Crippen molar-refractivity contribution in [1.29, 1.82) is 0 Å². The van der Waals surface area contributed by atoms with Crippen LogP contribution in [0.1, 0.15) is 75.8 Å². The van der Waals surface area contributed by atoms with Crippen molar-refractivity contribution in [1.82, 2.24) is 0 Å². The van der Waals surface area contributed by atoms with E-state index in [1.165, 1.54) is 0 Å². The first-order valence-corrected chi connectivity index (χ1v) is 9.83. The van der Waals surface area contributed by atoms with Crippen molar-refractivity contribution in [2.75, 3.05) is 0 Å². The van der Waals surface area contributed by atoms with E-state index >= 15 is 0 Å². The number of hydrogen-bond acceptors (Lipinski definition) is 4. The average molecular weight is 368 g/mol. The second-order valence-electron chi connectivity index (χ2n) is 9.04. The maximum Gasteiger partial charge on any atom is 0.336 e. The van der Waals surface area contributed by atoms with E-state index in [0.717, 1.165) is 39.8 Å². The number of rotatable bonds is 1. The number of fused-ring (bicyclic) bond motifs is 6. The fraction of sp³-hybridized carbons (Fsp3) is 0.522. The molecular formula is C23H28O4. The van der Waals surface area contributed by atoms with Gasteiger partial charge in [-0.2, -0.15) is 0 Å². The van der Waals surface area contributed by atoms with Gasteiger partial charge in [-0.1, -0.05) is 33.8 Å². The van der Waals surface area contributed by atoms with Gasteiger partial charge in [0.25, 0.3) is 0 Å². The fourth-order valence-electron chi connectivity index (χ4n) is 4.42. The molecule has 1 aromatic heterocycles. The molecule has 2 aromatic rings. The minimum Gasteiger partial charge on any atom is -0.482 e. The zero-order valence-electron chi connectivity index (χ0n) is 16.9. The van der Waals surface area contributed by atoms with Crippen molar-refractivity contribution in [2.24, 2.45) is 11.8 Å². The van der Waals surface area contributed by atoms with Crippen LogP contribution in [0.15, 0.2) is 21.4 Å². The summed E-state index contributed by atoms with van der Waals surface area (Å²) in [4.78, 5) is 12.3. The third-order valence-electron chi connectivity index (χ3n) is 6.21. The van der Waals surface area contributed by atoms with Crippen molar-refractivity contribution in [2.45, 2.75) is 65.6 Å². The minimum absolute atomic E-state index is 0.0942. The largest absolute Gasteiger partial charge is 0.482 e. The predicted molar refractivity (Wildman–Crippen MR) is 107 cm³/mol. The Morgan fingerprint density at radius 3 is 2.63 bits per heavy atom. The molecule has 0 spiro atoms. The van der Waals surface area contributed by atoms with E-state index in [0.29, 0.717) is 11.5 Å². The summed E-state index contributed by atoms with van der Waals surface area (Å²) in [7, 11) is 0. The maximum absolute atomic E-state index is 12.3. The molecule has 1 aromatic carbocycles. The summed E-state index contributed by atoms with van der Waals surface area (Å²) in [6.45, 7) is 12.4. The summed E-state index contributed by atoms with van der Waals surface area (Å²) in [5.41, 5.74) is 3.42. The number of hydrogen-bond donors (Lipinski definition) is 1. The van der Waals surface area contributed by atoms with E-state index in [1.54, 1.807) is 6.07 Å². The van der Waals surface area contributed by atoms with Crippen LogP contribution in [0.25, 0.3) is 17.0 Å². The molecule has 0 radical (unpaired) electrons. The molecule has 144 valence electrons. The van der Waals surface area contributed by atoms with E-state index in [2.05, 4.69) is 39.8 Å². The summed E-state index contributed by atoms with van der Waals surface area (Å²) in [6.07, 6.45) is 4.34. The molecule has 0 saturated heterocycles. The van der Waals surface area contributed by atoms with E-state index < -0.39 is 11.7 Å². The molecule has 3 unspecified atom stereocenters. The van der Waals surface area contributed by atoms with Gasteiger partial charge in [0.05, 0.1) is 11.5 Å². The van der Waals surface area contributed by atoms with Crippen LogP contribution in [0.2, 0.25) is 0 Å². The molecule has 0 fully saturated rings. The van der Waals surface area contributed by atoms with E-state index in [4.69, 9.17) is 9.15 Å². The number of aliphatic hydroxyl groups is 1. The van der Waals surface area contributed by atoms with Crippen molar-refractivity contribution >= 4 is 17.0 Å². The Labute approximate surface area is 159 Å². The predicted octanol–water partition coefficient (Wildman–Crippen LogP) is 4.96. The van der Waals surface area contributed by atoms with Gasteiger partial charge in [-0.15, -0.1) is 0 Å². The van der Waals surface area contributed by atoms with Gasteiger partial charge in [-0.25, -0.2) is 4.79 Å². The van der Waals surface area contributed by atoms with Gasteiger partial charge >= 0.3 is 5.63 Å². The quantitative estimate of drug-likeness (QED) is 0.723. The number of ether oxygens (including phenoxy) is 1. The molecule has 1 aliphatic heterocycles. The topological polar surface area (TPSA) is 59.7 Å². The van der Waals surface area contributed by atoms with Gasteiger partial charge in [0, 0.05) is 17.2 Å². The first-order valence-electron chi connectivity index (χ1n) is 9.83. The van der Waals surface area contributed by atoms with Crippen LogP contribution >= 0.6 is 0 Å². The molecule has 27 heavy (non-hydrogen) atoms. The highest BCUT2D eigenvalue weighted by atomic mass is 16.5. The monoisotopic (exact) mass is 368 g/mol. The normalized spacial score (nSPS) is 26.0. The summed E-state index contributed by atoms with van der Waals surface area (Å²) >= 11 is 0. The summed E-state index contributed by atoms with van der Waals surface area (Å²) in [5, 5.41) is 11.9. The molecule has 2 heterocycles. The second kappa shape index (κ2) is 5.96. The highest BCUT2D eigenvalue weighted by Gasteiger charge is 2.38. The van der Waals surface area contributed by atoms with E-state index in [9.17, 15) is 9.90 Å². The highest BCUT2D eigenvalue weighted by molar-refractivity contribution is 5.96. The highest BCUT2D eigenvalue weighted by Crippen LogP contribution is 2.50. The zero-order chi connectivity index (χ0) is 19.7. The van der Waals surface area contributed by atoms with E-state index in [-0.39, 0.29) is 17.5 Å². The molecule has 0 bridgehead atoms. The van der Waals surface area contributed by atoms with Gasteiger partial charge in [-0.05, 0) is 55.2 Å². The number of benzene rings is 1. The van der Waals surface area contributed by atoms with Crippen LogP contribution in [0.3, 0.4) is 0 Å². The van der Waals surface area contributed by atoms with Gasteiger partial charge in [0.2, 0.25) is 0 Å². The van der Waals surface area contributed by atoms with Crippen LogP contribution in [0.5, 0.6) is 5.75 Å². The van der Waals surface area contributed by atoms with Crippen LogP contribution in [-0.2, 0) is 6.42 Å². The zero-order valence-corrected chi connectivity index (χ0v) is 16.9. The molecule has 4 heteroatoms. The molecule has 3 atom stereocenters. The van der Waals surface area contributed by atoms with Crippen molar-refractivity contribution in [3.8, 4) is 5.75 Å². The van der Waals surface area contributed by atoms with Gasteiger partial charge in [-0.3, -0.25) is 0 Å². The Bertz CT molecular complexity index is 1010. The third kappa shape index (κ3) is 2.73. The lowest BCUT2D eigenvalue weighted by Gasteiger charge is -2.37. The lowest BCUT2D eigenvalue weighted by molar-refractivity contribution is 0.0755. The Hall–Kier alpha value is -2.07. The fourth-order valence-corrected chi connectivity index (χ4v) is 4.42. The van der Waals surface area contributed by atoms with Gasteiger partial charge in [0.15, 0.2) is 0 Å². The first kappa shape index (κ1) is 18.3. The lowest BCUT2D eigenvalue weighted by Crippen LogP contribution is -2.31. The molecule has 4 nitrogen and oxygen atoms in total. The maximum atomic E-state index is 12.3. The summed E-state index contributed by atoms with van der Waals surface area (Å²) in [5.74, 6) is 1.33. The SMILES string of the molecule is CC(C)c1cc(=O)oc2c3c(c4c(c12)OC(C)(C)C=C4)CC(C)C(C)C3O. The van der Waals surface area contributed by atoms with Crippen LogP contribution in [0, 0.1) is 11.8 Å². The Morgan fingerprint density at radius 2 is 1.96 bits per heavy atom. The van der Waals surface area contributed by atoms with Gasteiger partial charge < -0.3 is 14.3 Å². The average Bonchev–Trinajstić information content (AvgIpc) is 2.57. The Morgan fingerprint density at radius 1 is 1.26 bits per heavy atom. The number of aliphatic hydroxyl groups excluding tert-OH is 1. The molecule has 4 rings (SSSR count). The van der Waals surface area contributed by atoms with E-state index in [1.807, 2.05) is 13.8 Å². The molecule has 1 N–H and O–H groups in total. The molecule has 2 aliphatic rings. The summed E-state index contributed by atoms with van der Waals surface area (Å²) in [6, 6.07) is 1.57. The summed E-state index contributed by atoms with van der Waals surface area (Å²) < 4.78 is 12.1. The van der Waals surface area contributed by atoms with Gasteiger partial charge in [0.1, 0.15) is 16.9 Å². The smallest absolute Gasteiger partial charge is 0.336 e. The van der Waals surface area contributed by atoms with Crippen molar-refractivity contribution in [3.05, 3.63) is 44.8 Å². The standard InChI is InChI=1S/C23H28O4/c1-11(2)15-10-17(24)26-22-18-16(9-12(3)13(4)20(18)25)14-7-8-23(5,6)27-21(14)19(15)22/h7-8,10-13,20,25H,9H2,1-6H3. The molecular weight excluding hydrogens is 340 g/mol. The second-order valence-corrected chi connectivity index (χ2v) is 9.04. The molecule has 1 aliphatic carbocycles. The molecule has 0 amide bonds. The van der Waals surface area contributed by atoms with Crippen LogP contribution < -0.4 is 10.4 Å². The third-order valence-corrected chi connectivity index (χ3v) is 6.21. The molecule has 0 saturated carbocycles. The lowest BCUT2D eigenvalue weighted by atomic mass is 9.72. The van der Waals surface area contributed by atoms with Crippen LogP contribution in [-0.4, -0.2) is 10.7 Å². The first-order chi connectivity index (χ1) is 12.6. The van der Waals surface area contributed by atoms with Crippen LogP contribution in [0.4, 0.5) is 0 Å². The Kier molecular flexibility index (Phi) is 4.04.